The Labute approximate surface area is 184 Å². The number of amides is 3. The fourth-order valence-corrected chi connectivity index (χ4v) is 4.45. The summed E-state index contributed by atoms with van der Waals surface area (Å²) in [6.45, 7) is 1.90. The van der Waals surface area contributed by atoms with Gasteiger partial charge in [-0.3, -0.25) is 19.3 Å². The Morgan fingerprint density at radius 1 is 0.935 bits per heavy atom. The third kappa shape index (κ3) is 4.88. The van der Waals surface area contributed by atoms with Crippen molar-refractivity contribution in [1.29, 1.82) is 0 Å². The Hall–Kier alpha value is -3.32. The monoisotopic (exact) mass is 433 g/mol. The number of carbonyl (C=O) groups is 3. The molecule has 0 atom stereocenters. The van der Waals surface area contributed by atoms with Crippen LogP contribution < -0.4 is 5.32 Å². The molecule has 0 aliphatic carbocycles. The second-order valence-electron chi connectivity index (χ2n) is 7.55. The van der Waals surface area contributed by atoms with Crippen molar-refractivity contribution in [3.63, 3.8) is 0 Å². The molecule has 0 radical (unpaired) electrons. The van der Waals surface area contributed by atoms with Gasteiger partial charge in [0.2, 0.25) is 5.91 Å². The molecule has 1 aromatic heterocycles. The molecule has 7 heteroatoms. The number of hydrogen-bond acceptors (Lipinski definition) is 5. The van der Waals surface area contributed by atoms with Gasteiger partial charge in [-0.2, -0.15) is 0 Å². The molecule has 0 bridgehead atoms. The van der Waals surface area contributed by atoms with Crippen molar-refractivity contribution in [3.8, 4) is 0 Å². The van der Waals surface area contributed by atoms with Gasteiger partial charge in [0.1, 0.15) is 0 Å². The highest BCUT2D eigenvalue weighted by Gasteiger charge is 2.34. The van der Waals surface area contributed by atoms with Crippen LogP contribution in [0.2, 0.25) is 0 Å². The van der Waals surface area contributed by atoms with Crippen molar-refractivity contribution in [2.45, 2.75) is 32.6 Å². The molecular formula is C24H23N3O3S. The summed E-state index contributed by atoms with van der Waals surface area (Å²) in [6.07, 6.45) is 3.23. The van der Waals surface area contributed by atoms with Gasteiger partial charge in [-0.1, -0.05) is 36.4 Å². The molecule has 1 aliphatic heterocycles. The van der Waals surface area contributed by atoms with Gasteiger partial charge >= 0.3 is 0 Å². The maximum absolute atomic E-state index is 12.4. The zero-order valence-electron chi connectivity index (χ0n) is 17.3. The van der Waals surface area contributed by atoms with E-state index >= 15 is 0 Å². The molecule has 1 aliphatic rings. The zero-order valence-corrected chi connectivity index (χ0v) is 18.1. The van der Waals surface area contributed by atoms with E-state index in [2.05, 4.69) is 34.6 Å². The minimum absolute atomic E-state index is 0.112. The number of benzene rings is 2. The second kappa shape index (κ2) is 9.22. The Morgan fingerprint density at radius 2 is 1.55 bits per heavy atom. The summed E-state index contributed by atoms with van der Waals surface area (Å²) in [4.78, 5) is 41.7. The minimum atomic E-state index is -0.195. The number of hydrogen-bond donors (Lipinski definition) is 1. The van der Waals surface area contributed by atoms with Gasteiger partial charge in [0.15, 0.2) is 5.13 Å². The van der Waals surface area contributed by atoms with Gasteiger partial charge in [-0.25, -0.2) is 4.98 Å². The summed E-state index contributed by atoms with van der Waals surface area (Å²) < 4.78 is 0. The topological polar surface area (TPSA) is 79.4 Å². The number of nitrogens with zero attached hydrogens (tertiary/aromatic N) is 2. The fourth-order valence-electron chi connectivity index (χ4n) is 3.66. The van der Waals surface area contributed by atoms with E-state index in [1.54, 1.807) is 24.3 Å². The van der Waals surface area contributed by atoms with Crippen LogP contribution in [0.4, 0.5) is 5.13 Å². The van der Waals surface area contributed by atoms with Crippen LogP contribution in [0.5, 0.6) is 0 Å². The standard InChI is InChI=1S/C24H23N3O3S/c1-16(28)25-24-26-19(15-31-24)13-12-18-10-8-17(9-11-18)5-4-14-27-22(29)20-6-2-3-7-21(20)23(27)30/h2-3,6-11,15H,4-5,12-14H2,1H3,(H,25,26,28). The van der Waals surface area contributed by atoms with E-state index in [1.807, 2.05) is 5.38 Å². The summed E-state index contributed by atoms with van der Waals surface area (Å²) >= 11 is 1.44. The van der Waals surface area contributed by atoms with Crippen molar-refractivity contribution >= 4 is 34.2 Å². The van der Waals surface area contributed by atoms with Crippen molar-refractivity contribution in [3.05, 3.63) is 81.9 Å². The van der Waals surface area contributed by atoms with Crippen molar-refractivity contribution < 1.29 is 14.4 Å². The molecule has 158 valence electrons. The quantitative estimate of drug-likeness (QED) is 0.542. The maximum atomic E-state index is 12.4. The van der Waals surface area contributed by atoms with E-state index in [0.717, 1.165) is 31.4 Å². The van der Waals surface area contributed by atoms with Gasteiger partial charge in [0.05, 0.1) is 16.8 Å². The van der Waals surface area contributed by atoms with Crippen LogP contribution in [-0.2, 0) is 24.1 Å². The molecule has 4 rings (SSSR count). The lowest BCUT2D eigenvalue weighted by Crippen LogP contribution is -2.30. The molecule has 31 heavy (non-hydrogen) atoms. The largest absolute Gasteiger partial charge is 0.302 e. The summed E-state index contributed by atoms with van der Waals surface area (Å²) in [6, 6.07) is 15.4. The first-order valence-electron chi connectivity index (χ1n) is 10.3. The van der Waals surface area contributed by atoms with Crippen molar-refractivity contribution in [1.82, 2.24) is 9.88 Å². The van der Waals surface area contributed by atoms with Gasteiger partial charge in [0.25, 0.3) is 11.8 Å². The van der Waals surface area contributed by atoms with E-state index in [4.69, 9.17) is 0 Å². The Morgan fingerprint density at radius 3 is 2.16 bits per heavy atom. The van der Waals surface area contributed by atoms with Crippen molar-refractivity contribution in [2.24, 2.45) is 0 Å². The van der Waals surface area contributed by atoms with Crippen LogP contribution in [-0.4, -0.2) is 34.2 Å². The highest BCUT2D eigenvalue weighted by molar-refractivity contribution is 7.13. The molecule has 6 nitrogen and oxygen atoms in total. The lowest BCUT2D eigenvalue weighted by Gasteiger charge is -2.13. The number of imide groups is 1. The van der Waals surface area contributed by atoms with Gasteiger partial charge < -0.3 is 5.32 Å². The number of aryl methyl sites for hydroxylation is 3. The first-order valence-corrected chi connectivity index (χ1v) is 11.1. The molecule has 0 saturated heterocycles. The molecule has 0 unspecified atom stereocenters. The van der Waals surface area contributed by atoms with E-state index in [9.17, 15) is 14.4 Å². The minimum Gasteiger partial charge on any atom is -0.302 e. The Kier molecular flexibility index (Phi) is 6.23. The highest BCUT2D eigenvalue weighted by atomic mass is 32.1. The maximum Gasteiger partial charge on any atom is 0.261 e. The average molecular weight is 434 g/mol. The third-order valence-corrected chi connectivity index (χ3v) is 6.06. The second-order valence-corrected chi connectivity index (χ2v) is 8.41. The third-order valence-electron chi connectivity index (χ3n) is 5.25. The predicted molar refractivity (Wildman–Crippen MR) is 120 cm³/mol. The average Bonchev–Trinajstić information content (AvgIpc) is 3.30. The number of carbonyl (C=O) groups excluding carboxylic acids is 3. The first-order chi connectivity index (χ1) is 15.0. The van der Waals surface area contributed by atoms with Crippen LogP contribution in [0.15, 0.2) is 53.9 Å². The molecule has 1 N–H and O–H groups in total. The Bertz CT molecular complexity index is 1090. The lowest BCUT2D eigenvalue weighted by molar-refractivity contribution is -0.114. The van der Waals surface area contributed by atoms with E-state index in [0.29, 0.717) is 22.8 Å². The normalized spacial score (nSPS) is 12.9. The van der Waals surface area contributed by atoms with E-state index in [1.165, 1.54) is 34.3 Å². The molecule has 2 heterocycles. The highest BCUT2D eigenvalue weighted by Crippen LogP contribution is 2.23. The van der Waals surface area contributed by atoms with Crippen molar-refractivity contribution in [2.75, 3.05) is 11.9 Å². The molecule has 0 fully saturated rings. The number of aromatic nitrogens is 1. The molecule has 3 aromatic rings. The number of fused-ring (bicyclic) bond motifs is 1. The first kappa shape index (κ1) is 20.9. The number of nitrogens with one attached hydrogen (secondary N) is 1. The van der Waals surface area contributed by atoms with Crippen LogP contribution in [0, 0.1) is 0 Å². The SMILES string of the molecule is CC(=O)Nc1nc(CCc2ccc(CCCN3C(=O)c4ccccc4C3=O)cc2)cs1. The number of thiazole rings is 1. The van der Waals surface area contributed by atoms with Crippen LogP contribution in [0.25, 0.3) is 0 Å². The molecule has 2 aromatic carbocycles. The smallest absolute Gasteiger partial charge is 0.261 e. The fraction of sp³-hybridized carbons (Fsp3) is 0.250. The zero-order chi connectivity index (χ0) is 21.8. The Balaban J connectivity index is 1.25. The predicted octanol–water partition coefficient (Wildman–Crippen LogP) is 4.12. The summed E-state index contributed by atoms with van der Waals surface area (Å²) in [5, 5.41) is 5.31. The van der Waals surface area contributed by atoms with E-state index in [-0.39, 0.29) is 17.7 Å². The van der Waals surface area contributed by atoms with Crippen LogP contribution >= 0.6 is 11.3 Å². The summed E-state index contributed by atoms with van der Waals surface area (Å²) in [7, 11) is 0. The van der Waals surface area contributed by atoms with E-state index < -0.39 is 0 Å². The molecule has 0 spiro atoms. The van der Waals surface area contributed by atoms with Gasteiger partial charge in [-0.15, -0.1) is 11.3 Å². The molecule has 3 amide bonds. The number of anilines is 1. The van der Waals surface area contributed by atoms with Gasteiger partial charge in [-0.05, 0) is 48.9 Å². The van der Waals surface area contributed by atoms with Crippen LogP contribution in [0.1, 0.15) is 50.9 Å². The number of rotatable bonds is 8. The van der Waals surface area contributed by atoms with Crippen LogP contribution in [0.3, 0.4) is 0 Å². The van der Waals surface area contributed by atoms with Gasteiger partial charge in [0, 0.05) is 18.8 Å². The lowest BCUT2D eigenvalue weighted by atomic mass is 10.0. The molecule has 0 saturated carbocycles. The summed E-state index contributed by atoms with van der Waals surface area (Å²) in [5.74, 6) is -0.501. The molecular weight excluding hydrogens is 410 g/mol. The summed E-state index contributed by atoms with van der Waals surface area (Å²) in [5.41, 5.74) is 4.38.